The fourth-order valence-corrected chi connectivity index (χ4v) is 3.07. The maximum atomic E-state index is 12.7. The van der Waals surface area contributed by atoms with Crippen molar-refractivity contribution >= 4 is 44.7 Å². The van der Waals surface area contributed by atoms with Crippen LogP contribution in [0, 0.1) is 11.3 Å². The number of hydrogen-bond donors (Lipinski definition) is 0. The normalized spacial score (nSPS) is 12.5. The summed E-state index contributed by atoms with van der Waals surface area (Å²) in [6.45, 7) is 0. The third-order valence-electron chi connectivity index (χ3n) is 2.73. The molecule has 22 heavy (non-hydrogen) atoms. The lowest BCUT2D eigenvalue weighted by atomic mass is 10.2. The van der Waals surface area contributed by atoms with Crippen molar-refractivity contribution in [1.29, 1.82) is 5.26 Å². The van der Waals surface area contributed by atoms with E-state index in [9.17, 15) is 18.4 Å². The highest BCUT2D eigenvalue weighted by atomic mass is 32.1. The monoisotopic (exact) mass is 338 g/mol. The molecule has 2 heterocycles. The van der Waals surface area contributed by atoms with Gasteiger partial charge in [0.05, 0.1) is 27.0 Å². The Bertz CT molecular complexity index is 888. The number of benzene rings is 1. The molecule has 110 valence electrons. The van der Waals surface area contributed by atoms with Crippen molar-refractivity contribution in [3.8, 4) is 6.07 Å². The van der Waals surface area contributed by atoms with Gasteiger partial charge in [0.2, 0.25) is 0 Å². The number of rotatable bonds is 2. The van der Waals surface area contributed by atoms with E-state index in [2.05, 4.69) is 14.6 Å². The maximum Gasteiger partial charge on any atom is 0.416 e. The molecule has 1 aromatic carbocycles. The van der Waals surface area contributed by atoms with E-state index in [1.165, 1.54) is 12.1 Å². The molecule has 0 aliphatic heterocycles. The van der Waals surface area contributed by atoms with Crippen LogP contribution >= 0.6 is 22.9 Å². The second kappa shape index (κ2) is 5.47. The Morgan fingerprint density at radius 2 is 2.14 bits per heavy atom. The topological polar surface area (TPSA) is 62.5 Å². The maximum absolute atomic E-state index is 12.7. The lowest BCUT2D eigenvalue weighted by Crippen LogP contribution is -2.03. The van der Waals surface area contributed by atoms with Crippen LogP contribution < -0.4 is 0 Å². The minimum atomic E-state index is -4.42. The number of hydrogen-bond acceptors (Lipinski definition) is 6. The number of nitrogens with zero attached hydrogens (tertiary/aromatic N) is 4. The van der Waals surface area contributed by atoms with Crippen molar-refractivity contribution in [2.45, 2.75) is 6.18 Å². The molecule has 0 radical (unpaired) electrons. The third kappa shape index (κ3) is 2.84. The van der Waals surface area contributed by atoms with Crippen LogP contribution in [0.25, 0.3) is 21.9 Å². The van der Waals surface area contributed by atoms with Gasteiger partial charge in [-0.15, -0.1) is 16.4 Å². The molecular weight excluding hydrogens is 333 g/mol. The highest BCUT2D eigenvalue weighted by molar-refractivity contribution is 7.19. The summed E-state index contributed by atoms with van der Waals surface area (Å²) in [6.07, 6.45) is -2.91. The minimum absolute atomic E-state index is 0.215. The van der Waals surface area contributed by atoms with Gasteiger partial charge in [-0.25, -0.2) is 4.98 Å². The van der Waals surface area contributed by atoms with Crippen LogP contribution in [0.3, 0.4) is 0 Å². The van der Waals surface area contributed by atoms with E-state index in [-0.39, 0.29) is 11.1 Å². The van der Waals surface area contributed by atoms with Gasteiger partial charge < -0.3 is 0 Å². The van der Waals surface area contributed by atoms with E-state index in [1.807, 2.05) is 6.07 Å². The van der Waals surface area contributed by atoms with E-state index in [4.69, 9.17) is 0 Å². The molecule has 4 nitrogen and oxygen atoms in total. The van der Waals surface area contributed by atoms with Gasteiger partial charge in [-0.1, -0.05) is 4.49 Å². The molecule has 0 amide bonds. The molecule has 2 aromatic heterocycles. The predicted octanol–water partition coefficient (Wildman–Crippen LogP) is 4.23. The van der Waals surface area contributed by atoms with Crippen LogP contribution in [0.15, 0.2) is 23.6 Å². The molecule has 0 spiro atoms. The molecule has 3 rings (SSSR count). The molecule has 0 saturated carbocycles. The molecule has 3 aromatic rings. The first kappa shape index (κ1) is 14.6. The van der Waals surface area contributed by atoms with Crippen LogP contribution in [-0.4, -0.2) is 14.6 Å². The Balaban J connectivity index is 2.07. The first-order valence-electron chi connectivity index (χ1n) is 5.84. The summed E-state index contributed by atoms with van der Waals surface area (Å²) in [6, 6.07) is 5.33. The summed E-state index contributed by atoms with van der Waals surface area (Å²) in [5.41, 5.74) is 0.203. The zero-order chi connectivity index (χ0) is 15.7. The fraction of sp³-hybridized carbons (Fsp3) is 0.0769. The highest BCUT2D eigenvalue weighted by Crippen LogP contribution is 2.34. The number of thiazole rings is 1. The minimum Gasteiger partial charge on any atom is -0.235 e. The van der Waals surface area contributed by atoms with E-state index in [1.54, 1.807) is 5.38 Å². The molecule has 0 N–H and O–H groups in total. The highest BCUT2D eigenvalue weighted by Gasteiger charge is 2.30. The lowest BCUT2D eigenvalue weighted by Gasteiger charge is -2.04. The molecule has 9 heteroatoms. The number of alkyl halides is 3. The van der Waals surface area contributed by atoms with Crippen LogP contribution in [0.5, 0.6) is 0 Å². The molecule has 0 unspecified atom stereocenters. The molecule has 0 fully saturated rings. The second-order valence-electron chi connectivity index (χ2n) is 4.20. The summed E-state index contributed by atoms with van der Waals surface area (Å²) in [4.78, 5) is 4.12. The predicted molar refractivity (Wildman–Crippen MR) is 78.0 cm³/mol. The summed E-state index contributed by atoms with van der Waals surface area (Å²) in [7, 11) is 0. The zero-order valence-electron chi connectivity index (χ0n) is 10.6. The number of nitriles is 1. The number of allylic oxidation sites excluding steroid dienone is 1. The second-order valence-corrected chi connectivity index (χ2v) is 5.84. The Hall–Kier alpha value is -2.31. The van der Waals surface area contributed by atoms with Crippen LogP contribution in [-0.2, 0) is 6.18 Å². The van der Waals surface area contributed by atoms with Crippen LogP contribution in [0.2, 0.25) is 0 Å². The van der Waals surface area contributed by atoms with Crippen LogP contribution in [0.1, 0.15) is 16.3 Å². The van der Waals surface area contributed by atoms with Gasteiger partial charge in [0, 0.05) is 5.38 Å². The van der Waals surface area contributed by atoms with Gasteiger partial charge in [-0.3, -0.25) is 0 Å². The van der Waals surface area contributed by atoms with E-state index in [0.717, 1.165) is 35.0 Å². The number of aromatic nitrogens is 3. The number of fused-ring (bicyclic) bond motifs is 1. The van der Waals surface area contributed by atoms with Gasteiger partial charge in [0.15, 0.2) is 0 Å². The van der Waals surface area contributed by atoms with Gasteiger partial charge in [-0.2, -0.15) is 18.4 Å². The van der Waals surface area contributed by atoms with Crippen LogP contribution in [0.4, 0.5) is 13.2 Å². The standard InChI is InChI=1S/C13H5F3N4S2/c14-13(15,16)8-1-2-11-10(4-8)18-12(22-11)7(5-17)3-9-6-21-20-19-9/h1-4,6H/b7-3+. The van der Waals surface area contributed by atoms with Gasteiger partial charge in [0.1, 0.15) is 11.1 Å². The Kier molecular flexibility index (Phi) is 3.64. The van der Waals surface area contributed by atoms with Crippen molar-refractivity contribution in [3.63, 3.8) is 0 Å². The van der Waals surface area contributed by atoms with Crippen molar-refractivity contribution < 1.29 is 13.2 Å². The molecule has 0 aliphatic carbocycles. The zero-order valence-corrected chi connectivity index (χ0v) is 12.3. The summed E-state index contributed by atoms with van der Waals surface area (Å²) in [5.74, 6) is 0. The van der Waals surface area contributed by atoms with Crippen molar-refractivity contribution in [3.05, 3.63) is 39.8 Å². The Labute approximate surface area is 130 Å². The average molecular weight is 338 g/mol. The first-order chi connectivity index (χ1) is 10.5. The molecule has 0 aliphatic rings. The Morgan fingerprint density at radius 3 is 2.77 bits per heavy atom. The molecule has 0 bridgehead atoms. The average Bonchev–Trinajstić information content (AvgIpc) is 3.11. The van der Waals surface area contributed by atoms with E-state index >= 15 is 0 Å². The van der Waals surface area contributed by atoms with Crippen molar-refractivity contribution in [2.75, 3.05) is 0 Å². The van der Waals surface area contributed by atoms with Gasteiger partial charge in [0.25, 0.3) is 0 Å². The van der Waals surface area contributed by atoms with Crippen molar-refractivity contribution in [1.82, 2.24) is 14.6 Å². The summed E-state index contributed by atoms with van der Waals surface area (Å²) < 4.78 is 42.4. The third-order valence-corrected chi connectivity index (χ3v) is 4.33. The molecule has 0 saturated heterocycles. The largest absolute Gasteiger partial charge is 0.416 e. The Morgan fingerprint density at radius 1 is 1.32 bits per heavy atom. The summed E-state index contributed by atoms with van der Waals surface area (Å²) >= 11 is 2.30. The first-order valence-corrected chi connectivity index (χ1v) is 7.50. The van der Waals surface area contributed by atoms with Gasteiger partial charge >= 0.3 is 6.18 Å². The molecule has 0 atom stereocenters. The quantitative estimate of drug-likeness (QED) is 0.656. The number of halogens is 3. The molecular formula is C13H5F3N4S2. The summed E-state index contributed by atoms with van der Waals surface area (Å²) in [5, 5.41) is 15.0. The lowest BCUT2D eigenvalue weighted by molar-refractivity contribution is -0.137. The van der Waals surface area contributed by atoms with Gasteiger partial charge in [-0.05, 0) is 35.8 Å². The van der Waals surface area contributed by atoms with E-state index < -0.39 is 11.7 Å². The smallest absolute Gasteiger partial charge is 0.235 e. The van der Waals surface area contributed by atoms with Crippen molar-refractivity contribution in [2.24, 2.45) is 0 Å². The van der Waals surface area contributed by atoms with E-state index in [0.29, 0.717) is 15.4 Å². The fourth-order valence-electron chi connectivity index (χ4n) is 1.74. The SMILES string of the molecule is N#C/C(=C\c1csnn1)c1nc2cc(C(F)(F)F)ccc2s1.